The quantitative estimate of drug-likeness (QED) is 0.679. The molecule has 1 heteroatoms. The molecule has 2 aromatic carbocycles. The van der Waals surface area contributed by atoms with E-state index in [9.17, 15) is 0 Å². The average Bonchev–Trinajstić information content (AvgIpc) is 2.19. The molecular weight excluding hydrogens is 352 g/mol. The van der Waals surface area contributed by atoms with Crippen LogP contribution in [-0.2, 0) is 21.1 Å². The predicted octanol–water partition coefficient (Wildman–Crippen LogP) is 3.57. The van der Waals surface area contributed by atoms with Gasteiger partial charge in [-0.3, -0.25) is 0 Å². The first-order chi connectivity index (χ1) is 6.77. The van der Waals surface area contributed by atoms with Crippen molar-refractivity contribution in [2.45, 2.75) is 13.8 Å². The maximum Gasteiger partial charge on any atom is 2.00 e. The zero-order valence-corrected chi connectivity index (χ0v) is 11.8. The zero-order valence-electron chi connectivity index (χ0n) is 8.87. The van der Waals surface area contributed by atoms with Gasteiger partial charge in [0.25, 0.3) is 0 Å². The minimum atomic E-state index is 0. The van der Waals surface area contributed by atoms with Crippen LogP contribution in [0.5, 0.6) is 0 Å². The van der Waals surface area contributed by atoms with Gasteiger partial charge in [0, 0.05) is 0 Å². The van der Waals surface area contributed by atoms with Crippen LogP contribution in [0.25, 0.3) is 11.1 Å². The molecule has 2 rings (SSSR count). The van der Waals surface area contributed by atoms with E-state index in [1.165, 1.54) is 11.1 Å². The molecule has 0 aliphatic rings. The summed E-state index contributed by atoms with van der Waals surface area (Å²) in [6.45, 7) is 4.20. The molecule has 0 nitrogen and oxygen atoms in total. The molecule has 74 valence electrons. The van der Waals surface area contributed by atoms with Crippen LogP contribution in [0, 0.1) is 26.0 Å². The molecule has 0 aliphatic carbocycles. The first-order valence-corrected chi connectivity index (χ1v) is 4.73. The van der Waals surface area contributed by atoms with Gasteiger partial charge in [0.1, 0.15) is 0 Å². The Kier molecular flexibility index (Phi) is 4.29. The third-order valence-electron chi connectivity index (χ3n) is 2.26. The van der Waals surface area contributed by atoms with Gasteiger partial charge >= 0.3 is 21.1 Å². The number of aryl methyl sites for hydroxylation is 2. The summed E-state index contributed by atoms with van der Waals surface area (Å²) in [4.78, 5) is 0. The monoisotopic (exact) mass is 364 g/mol. The molecular formula is C14H12W. The molecule has 0 aliphatic heterocycles. The van der Waals surface area contributed by atoms with Crippen LogP contribution in [0.3, 0.4) is 0 Å². The number of hydrogen-bond acceptors (Lipinski definition) is 0. The van der Waals surface area contributed by atoms with Gasteiger partial charge in [0.05, 0.1) is 0 Å². The number of rotatable bonds is 1. The van der Waals surface area contributed by atoms with E-state index in [0.29, 0.717) is 0 Å². The smallest absolute Gasteiger partial charge is 0.226 e. The minimum absolute atomic E-state index is 0. The predicted molar refractivity (Wildman–Crippen MR) is 59.0 cm³/mol. The van der Waals surface area contributed by atoms with Gasteiger partial charge in [-0.25, -0.2) is 11.1 Å². The van der Waals surface area contributed by atoms with Crippen molar-refractivity contribution in [2.24, 2.45) is 0 Å². The summed E-state index contributed by atoms with van der Waals surface area (Å²) < 4.78 is 0. The molecule has 0 N–H and O–H groups in total. The van der Waals surface area contributed by atoms with Gasteiger partial charge in [0.2, 0.25) is 0 Å². The van der Waals surface area contributed by atoms with Crippen molar-refractivity contribution in [1.29, 1.82) is 0 Å². The molecule has 0 spiro atoms. The minimum Gasteiger partial charge on any atom is -0.226 e. The average molecular weight is 364 g/mol. The van der Waals surface area contributed by atoms with E-state index in [0.717, 1.165) is 11.1 Å². The van der Waals surface area contributed by atoms with E-state index in [2.05, 4.69) is 38.1 Å². The Balaban J connectivity index is 0.00000112. The van der Waals surface area contributed by atoms with Crippen molar-refractivity contribution in [1.82, 2.24) is 0 Å². The van der Waals surface area contributed by atoms with Gasteiger partial charge in [0.15, 0.2) is 0 Å². The normalized spacial score (nSPS) is 9.47. The first kappa shape index (κ1) is 12.2. The van der Waals surface area contributed by atoms with Crippen LogP contribution >= 0.6 is 0 Å². The van der Waals surface area contributed by atoms with Gasteiger partial charge in [-0.05, 0) is 0 Å². The van der Waals surface area contributed by atoms with E-state index in [4.69, 9.17) is 0 Å². The van der Waals surface area contributed by atoms with Crippen molar-refractivity contribution in [3.05, 3.63) is 59.7 Å². The number of benzene rings is 2. The van der Waals surface area contributed by atoms with Crippen LogP contribution < -0.4 is 0 Å². The molecule has 0 unspecified atom stereocenters. The fourth-order valence-corrected chi connectivity index (χ4v) is 1.59. The Labute approximate surface area is 106 Å². The van der Waals surface area contributed by atoms with Crippen LogP contribution in [0.1, 0.15) is 11.1 Å². The van der Waals surface area contributed by atoms with Crippen LogP contribution in [0.2, 0.25) is 0 Å². The Morgan fingerprint density at radius 3 is 2.47 bits per heavy atom. The summed E-state index contributed by atoms with van der Waals surface area (Å²) in [7, 11) is 0. The third-order valence-corrected chi connectivity index (χ3v) is 2.26. The zero-order chi connectivity index (χ0) is 9.97. The van der Waals surface area contributed by atoms with E-state index in [1.807, 2.05) is 24.3 Å². The fourth-order valence-electron chi connectivity index (χ4n) is 1.59. The molecule has 0 saturated carbocycles. The standard InChI is InChI=1S/C14H12.W/c1-11-8-9-14(12(2)10-11)13-6-4-3-5-7-13;/h3-6,8,10H,1-2H3;/q-2;+2. The second kappa shape index (κ2) is 5.28. The van der Waals surface area contributed by atoms with E-state index < -0.39 is 0 Å². The molecule has 15 heavy (non-hydrogen) atoms. The Morgan fingerprint density at radius 2 is 1.87 bits per heavy atom. The molecule has 0 radical (unpaired) electrons. The fraction of sp³-hybridized carbons (Fsp3) is 0.143. The maximum atomic E-state index is 3.29. The van der Waals surface area contributed by atoms with Gasteiger partial charge in [-0.15, -0.1) is 17.7 Å². The second-order valence-electron chi connectivity index (χ2n) is 3.51. The van der Waals surface area contributed by atoms with Crippen molar-refractivity contribution < 1.29 is 21.1 Å². The Hall–Kier alpha value is -0.872. The summed E-state index contributed by atoms with van der Waals surface area (Å²) in [5, 5.41) is 0. The molecule has 2 aromatic rings. The molecule has 0 atom stereocenters. The van der Waals surface area contributed by atoms with Crippen molar-refractivity contribution in [2.75, 3.05) is 0 Å². The summed E-state index contributed by atoms with van der Waals surface area (Å²) >= 11 is 0. The van der Waals surface area contributed by atoms with Gasteiger partial charge in [-0.1, -0.05) is 13.8 Å². The topological polar surface area (TPSA) is 0 Å². The Bertz CT molecular complexity index is 432. The van der Waals surface area contributed by atoms with Gasteiger partial charge in [-0.2, -0.15) is 42.0 Å². The summed E-state index contributed by atoms with van der Waals surface area (Å²) in [6.07, 6.45) is 0. The molecule has 0 aromatic heterocycles. The number of hydrogen-bond donors (Lipinski definition) is 0. The van der Waals surface area contributed by atoms with Crippen molar-refractivity contribution in [3.63, 3.8) is 0 Å². The van der Waals surface area contributed by atoms with Crippen molar-refractivity contribution in [3.8, 4) is 11.1 Å². The van der Waals surface area contributed by atoms with Crippen LogP contribution in [0.15, 0.2) is 36.4 Å². The molecule has 0 heterocycles. The Morgan fingerprint density at radius 1 is 1.07 bits per heavy atom. The second-order valence-corrected chi connectivity index (χ2v) is 3.51. The SMILES string of the molecule is Cc1c[c-]c(-c2[c-]cccc2)c(C)c1.[W+2]. The molecule has 0 amide bonds. The van der Waals surface area contributed by atoms with E-state index in [-0.39, 0.29) is 21.1 Å². The summed E-state index contributed by atoms with van der Waals surface area (Å²) in [5.74, 6) is 0. The first-order valence-electron chi connectivity index (χ1n) is 4.73. The van der Waals surface area contributed by atoms with E-state index >= 15 is 0 Å². The van der Waals surface area contributed by atoms with Crippen LogP contribution in [0.4, 0.5) is 0 Å². The van der Waals surface area contributed by atoms with E-state index in [1.54, 1.807) is 0 Å². The van der Waals surface area contributed by atoms with Crippen molar-refractivity contribution >= 4 is 0 Å². The summed E-state index contributed by atoms with van der Waals surface area (Å²) in [5.41, 5.74) is 4.77. The maximum absolute atomic E-state index is 3.29. The molecule has 0 saturated heterocycles. The largest absolute Gasteiger partial charge is 2.00 e. The molecule has 0 bridgehead atoms. The molecule has 0 fully saturated rings. The third kappa shape index (κ3) is 2.79. The van der Waals surface area contributed by atoms with Crippen LogP contribution in [-0.4, -0.2) is 0 Å². The summed E-state index contributed by atoms with van der Waals surface area (Å²) in [6, 6.07) is 18.7. The van der Waals surface area contributed by atoms with Gasteiger partial charge < -0.3 is 0 Å².